The van der Waals surface area contributed by atoms with Gasteiger partial charge >= 0.3 is 0 Å². The van der Waals surface area contributed by atoms with Crippen molar-refractivity contribution in [2.24, 2.45) is 5.41 Å². The third-order valence-electron chi connectivity index (χ3n) is 5.18. The summed E-state index contributed by atoms with van der Waals surface area (Å²) in [7, 11) is 0. The Labute approximate surface area is 126 Å². The Morgan fingerprint density at radius 1 is 1.52 bits per heavy atom. The standard InChI is InChI=1S/C16H25N3O2/c1-4-19-12(9-11(3)18-19)15(20)17-13-10-14(21-5-2)16(13)7-6-8-16/h9,13-14H,4-8,10H2,1-3H3,(H,17,20)/t13-,14-/m0/s1. The van der Waals surface area contributed by atoms with Gasteiger partial charge in [0.1, 0.15) is 5.69 Å². The van der Waals surface area contributed by atoms with E-state index in [4.69, 9.17) is 4.74 Å². The lowest BCUT2D eigenvalue weighted by Crippen LogP contribution is -2.67. The van der Waals surface area contributed by atoms with Crippen molar-refractivity contribution < 1.29 is 9.53 Å². The zero-order valence-electron chi connectivity index (χ0n) is 13.2. The highest BCUT2D eigenvalue weighted by molar-refractivity contribution is 5.93. The molecule has 0 aliphatic heterocycles. The second-order valence-electron chi connectivity index (χ2n) is 6.28. The first-order chi connectivity index (χ1) is 10.1. The lowest BCUT2D eigenvalue weighted by atomic mass is 9.51. The van der Waals surface area contributed by atoms with Crippen molar-refractivity contribution in [3.05, 3.63) is 17.5 Å². The van der Waals surface area contributed by atoms with Gasteiger partial charge in [0.05, 0.1) is 11.8 Å². The topological polar surface area (TPSA) is 56.1 Å². The van der Waals surface area contributed by atoms with Crippen molar-refractivity contribution in [1.29, 1.82) is 0 Å². The number of ether oxygens (including phenoxy) is 1. The number of aromatic nitrogens is 2. The minimum atomic E-state index is 0.00340. The van der Waals surface area contributed by atoms with Gasteiger partial charge in [-0.3, -0.25) is 9.48 Å². The lowest BCUT2D eigenvalue weighted by molar-refractivity contribution is -0.169. The van der Waals surface area contributed by atoms with Crippen molar-refractivity contribution in [3.8, 4) is 0 Å². The molecule has 2 aliphatic rings. The first kappa shape index (κ1) is 14.6. The van der Waals surface area contributed by atoms with Crippen molar-refractivity contribution in [3.63, 3.8) is 0 Å². The number of rotatable bonds is 5. The highest BCUT2D eigenvalue weighted by atomic mass is 16.5. The maximum absolute atomic E-state index is 12.5. The fourth-order valence-electron chi connectivity index (χ4n) is 3.84. The molecule has 1 amide bonds. The van der Waals surface area contributed by atoms with Crippen LogP contribution in [0.3, 0.4) is 0 Å². The van der Waals surface area contributed by atoms with Crippen LogP contribution in [0.25, 0.3) is 0 Å². The number of hydrogen-bond donors (Lipinski definition) is 1. The van der Waals surface area contributed by atoms with Crippen LogP contribution in [0.1, 0.15) is 55.7 Å². The van der Waals surface area contributed by atoms with Crippen LogP contribution in [0.4, 0.5) is 0 Å². The summed E-state index contributed by atoms with van der Waals surface area (Å²) in [5.41, 5.74) is 1.77. The minimum absolute atomic E-state index is 0.00340. The predicted molar refractivity (Wildman–Crippen MR) is 80.2 cm³/mol. The summed E-state index contributed by atoms with van der Waals surface area (Å²) in [6.45, 7) is 7.44. The number of hydrogen-bond acceptors (Lipinski definition) is 3. The Hall–Kier alpha value is -1.36. The average Bonchev–Trinajstić information content (AvgIpc) is 2.76. The fourth-order valence-corrected chi connectivity index (χ4v) is 3.84. The molecule has 0 saturated heterocycles. The Balaban J connectivity index is 1.68. The maximum Gasteiger partial charge on any atom is 0.269 e. The first-order valence-corrected chi connectivity index (χ1v) is 8.07. The average molecular weight is 291 g/mol. The first-order valence-electron chi connectivity index (χ1n) is 8.07. The minimum Gasteiger partial charge on any atom is -0.378 e. The molecule has 5 heteroatoms. The number of nitrogens with one attached hydrogen (secondary N) is 1. The van der Waals surface area contributed by atoms with Crippen LogP contribution >= 0.6 is 0 Å². The van der Waals surface area contributed by atoms with E-state index in [2.05, 4.69) is 10.4 Å². The molecule has 116 valence electrons. The molecule has 0 aromatic carbocycles. The summed E-state index contributed by atoms with van der Waals surface area (Å²) in [6, 6.07) is 2.13. The highest BCUT2D eigenvalue weighted by Gasteiger charge is 2.59. The van der Waals surface area contributed by atoms with Crippen molar-refractivity contribution in [2.75, 3.05) is 6.61 Å². The molecule has 21 heavy (non-hydrogen) atoms. The normalized spacial score (nSPS) is 26.2. The van der Waals surface area contributed by atoms with Gasteiger partial charge in [0.15, 0.2) is 0 Å². The van der Waals surface area contributed by atoms with Crippen LogP contribution in [0.5, 0.6) is 0 Å². The molecule has 2 saturated carbocycles. The zero-order chi connectivity index (χ0) is 15.0. The van der Waals surface area contributed by atoms with Gasteiger partial charge in [-0.15, -0.1) is 0 Å². The van der Waals surface area contributed by atoms with E-state index in [1.165, 1.54) is 19.3 Å². The summed E-state index contributed by atoms with van der Waals surface area (Å²) in [6.07, 6.45) is 4.88. The van der Waals surface area contributed by atoms with Gasteiger partial charge in [0.2, 0.25) is 0 Å². The molecule has 1 N–H and O–H groups in total. The SMILES string of the molecule is CCO[C@H]1C[C@H](NC(=O)c2cc(C)nn2CC)C12CCC2. The van der Waals surface area contributed by atoms with E-state index in [0.29, 0.717) is 18.3 Å². The summed E-state index contributed by atoms with van der Waals surface area (Å²) < 4.78 is 7.61. The van der Waals surface area contributed by atoms with E-state index >= 15 is 0 Å². The molecule has 1 spiro atoms. The second kappa shape index (κ2) is 5.44. The zero-order valence-corrected chi connectivity index (χ0v) is 13.2. The molecule has 0 radical (unpaired) electrons. The van der Waals surface area contributed by atoms with Gasteiger partial charge in [-0.1, -0.05) is 6.42 Å². The Bertz CT molecular complexity index is 534. The number of nitrogens with zero attached hydrogens (tertiary/aromatic N) is 2. The molecule has 0 bridgehead atoms. The molecule has 1 aromatic heterocycles. The maximum atomic E-state index is 12.5. The third kappa shape index (κ3) is 2.27. The molecule has 5 nitrogen and oxygen atoms in total. The summed E-state index contributed by atoms with van der Waals surface area (Å²) in [4.78, 5) is 12.5. The van der Waals surface area contributed by atoms with E-state index in [-0.39, 0.29) is 17.4 Å². The predicted octanol–water partition coefficient (Wildman–Crippen LogP) is 2.29. The van der Waals surface area contributed by atoms with E-state index in [0.717, 1.165) is 18.7 Å². The molecule has 2 atom stereocenters. The highest BCUT2D eigenvalue weighted by Crippen LogP contribution is 2.57. The molecular formula is C16H25N3O2. The van der Waals surface area contributed by atoms with Gasteiger partial charge < -0.3 is 10.1 Å². The largest absolute Gasteiger partial charge is 0.378 e. The number of carbonyl (C=O) groups is 1. The van der Waals surface area contributed by atoms with E-state index in [9.17, 15) is 4.79 Å². The number of amides is 1. The summed E-state index contributed by atoms with van der Waals surface area (Å²) in [5, 5.41) is 7.57. The molecule has 2 aliphatic carbocycles. The van der Waals surface area contributed by atoms with Crippen LogP contribution in [0, 0.1) is 12.3 Å². The molecule has 1 aromatic rings. The number of aryl methyl sites for hydroxylation is 2. The number of carbonyl (C=O) groups excluding carboxylic acids is 1. The molecule has 1 heterocycles. The van der Waals surface area contributed by atoms with E-state index in [1.807, 2.05) is 26.8 Å². The molecule has 2 fully saturated rings. The third-order valence-corrected chi connectivity index (χ3v) is 5.18. The van der Waals surface area contributed by atoms with Crippen LogP contribution in [0.2, 0.25) is 0 Å². The molecule has 3 rings (SSSR count). The fraction of sp³-hybridized carbons (Fsp3) is 0.750. The Morgan fingerprint density at radius 3 is 2.86 bits per heavy atom. The van der Waals surface area contributed by atoms with Crippen molar-refractivity contribution in [1.82, 2.24) is 15.1 Å². The van der Waals surface area contributed by atoms with Crippen molar-refractivity contribution >= 4 is 5.91 Å². The van der Waals surface area contributed by atoms with Crippen LogP contribution < -0.4 is 5.32 Å². The molecular weight excluding hydrogens is 266 g/mol. The van der Waals surface area contributed by atoms with E-state index < -0.39 is 0 Å². The smallest absolute Gasteiger partial charge is 0.269 e. The van der Waals surface area contributed by atoms with E-state index in [1.54, 1.807) is 4.68 Å². The van der Waals surface area contributed by atoms with Gasteiger partial charge in [-0.25, -0.2) is 0 Å². The van der Waals surface area contributed by atoms with Gasteiger partial charge in [-0.2, -0.15) is 5.10 Å². The van der Waals surface area contributed by atoms with Crippen LogP contribution in [-0.4, -0.2) is 34.4 Å². The van der Waals surface area contributed by atoms with Gasteiger partial charge in [-0.05, 0) is 46.1 Å². The van der Waals surface area contributed by atoms with Gasteiger partial charge in [0.25, 0.3) is 5.91 Å². The summed E-state index contributed by atoms with van der Waals surface area (Å²) in [5.74, 6) is 0.00340. The quantitative estimate of drug-likeness (QED) is 0.905. The Morgan fingerprint density at radius 2 is 2.29 bits per heavy atom. The van der Waals surface area contributed by atoms with Crippen molar-refractivity contribution in [2.45, 2.75) is 65.1 Å². The Kier molecular flexibility index (Phi) is 3.78. The lowest BCUT2D eigenvalue weighted by Gasteiger charge is -2.60. The van der Waals surface area contributed by atoms with Crippen LogP contribution in [0.15, 0.2) is 6.07 Å². The van der Waals surface area contributed by atoms with Crippen LogP contribution in [-0.2, 0) is 11.3 Å². The summed E-state index contributed by atoms with van der Waals surface area (Å²) >= 11 is 0. The second-order valence-corrected chi connectivity index (χ2v) is 6.28. The molecule has 0 unspecified atom stereocenters. The van der Waals surface area contributed by atoms with Gasteiger partial charge in [0, 0.05) is 24.6 Å². The monoisotopic (exact) mass is 291 g/mol.